The molecular formula is C15H21N5O. The number of aromatic nitrogens is 3. The summed E-state index contributed by atoms with van der Waals surface area (Å²) in [5, 5.41) is 11.3. The van der Waals surface area contributed by atoms with Crippen molar-refractivity contribution >= 4 is 5.69 Å². The number of ether oxygens (including phenoxy) is 1. The standard InChI is InChI=1S/C15H21N5O/c1-19-11-13(17-18-19)12-21-15-5-3-14(4-6-15)20-9-2-7-16-8-10-20/h3-6,11,16H,2,7-10,12H2,1H3. The molecule has 1 fully saturated rings. The molecular weight excluding hydrogens is 266 g/mol. The van der Waals surface area contributed by atoms with E-state index < -0.39 is 0 Å². The molecule has 1 N–H and O–H groups in total. The van der Waals surface area contributed by atoms with Gasteiger partial charge in [-0.2, -0.15) is 0 Å². The molecule has 0 amide bonds. The Hall–Kier alpha value is -2.08. The second-order valence-corrected chi connectivity index (χ2v) is 5.26. The molecule has 6 nitrogen and oxygen atoms in total. The summed E-state index contributed by atoms with van der Waals surface area (Å²) in [6, 6.07) is 8.28. The summed E-state index contributed by atoms with van der Waals surface area (Å²) in [7, 11) is 1.85. The zero-order valence-electron chi connectivity index (χ0n) is 12.3. The van der Waals surface area contributed by atoms with Gasteiger partial charge < -0.3 is 15.0 Å². The van der Waals surface area contributed by atoms with Crippen LogP contribution in [-0.4, -0.2) is 41.2 Å². The Kier molecular flexibility index (Phi) is 4.35. The van der Waals surface area contributed by atoms with E-state index in [9.17, 15) is 0 Å². The predicted octanol–water partition coefficient (Wildman–Crippen LogP) is 1.19. The molecule has 21 heavy (non-hydrogen) atoms. The Balaban J connectivity index is 1.58. The SMILES string of the molecule is Cn1cc(COc2ccc(N3CCCNCC3)cc2)nn1. The zero-order chi connectivity index (χ0) is 14.5. The minimum atomic E-state index is 0.445. The molecule has 1 aliphatic heterocycles. The third kappa shape index (κ3) is 3.72. The minimum absolute atomic E-state index is 0.445. The smallest absolute Gasteiger partial charge is 0.134 e. The summed E-state index contributed by atoms with van der Waals surface area (Å²) in [6.45, 7) is 4.76. The highest BCUT2D eigenvalue weighted by atomic mass is 16.5. The van der Waals surface area contributed by atoms with Crippen LogP contribution in [0, 0.1) is 0 Å². The largest absolute Gasteiger partial charge is 0.487 e. The van der Waals surface area contributed by atoms with E-state index in [-0.39, 0.29) is 0 Å². The van der Waals surface area contributed by atoms with E-state index in [1.165, 1.54) is 12.1 Å². The molecule has 1 aromatic carbocycles. The Morgan fingerprint density at radius 2 is 2.05 bits per heavy atom. The number of benzene rings is 1. The Labute approximate surface area is 124 Å². The van der Waals surface area contributed by atoms with Crippen molar-refractivity contribution < 1.29 is 4.74 Å². The maximum Gasteiger partial charge on any atom is 0.134 e. The van der Waals surface area contributed by atoms with Gasteiger partial charge in [-0.05, 0) is 37.2 Å². The highest BCUT2D eigenvalue weighted by Gasteiger charge is 2.09. The van der Waals surface area contributed by atoms with Crippen LogP contribution in [0.25, 0.3) is 0 Å². The van der Waals surface area contributed by atoms with E-state index in [0.717, 1.165) is 37.6 Å². The molecule has 0 saturated carbocycles. The molecule has 1 aromatic heterocycles. The number of rotatable bonds is 4. The van der Waals surface area contributed by atoms with Crippen LogP contribution in [0.5, 0.6) is 5.75 Å². The lowest BCUT2D eigenvalue weighted by Crippen LogP contribution is -2.27. The monoisotopic (exact) mass is 287 g/mol. The van der Waals surface area contributed by atoms with E-state index >= 15 is 0 Å². The molecule has 1 saturated heterocycles. The molecule has 0 spiro atoms. The van der Waals surface area contributed by atoms with Crippen LogP contribution in [0.2, 0.25) is 0 Å². The molecule has 0 unspecified atom stereocenters. The predicted molar refractivity (Wildman–Crippen MR) is 81.5 cm³/mol. The van der Waals surface area contributed by atoms with Gasteiger partial charge in [0, 0.05) is 32.4 Å². The van der Waals surface area contributed by atoms with Crippen LogP contribution in [0.15, 0.2) is 30.5 Å². The quantitative estimate of drug-likeness (QED) is 0.915. The maximum absolute atomic E-state index is 5.73. The van der Waals surface area contributed by atoms with E-state index in [0.29, 0.717) is 6.61 Å². The Morgan fingerprint density at radius 3 is 2.81 bits per heavy atom. The summed E-state index contributed by atoms with van der Waals surface area (Å²) in [5.74, 6) is 0.859. The first kappa shape index (κ1) is 13.9. The van der Waals surface area contributed by atoms with Gasteiger partial charge in [0.25, 0.3) is 0 Å². The molecule has 3 rings (SSSR count). The fourth-order valence-corrected chi connectivity index (χ4v) is 2.48. The molecule has 0 aliphatic carbocycles. The lowest BCUT2D eigenvalue weighted by Gasteiger charge is -2.22. The average molecular weight is 287 g/mol. The summed E-state index contributed by atoms with van der Waals surface area (Å²) >= 11 is 0. The maximum atomic E-state index is 5.73. The summed E-state index contributed by atoms with van der Waals surface area (Å²) in [5.41, 5.74) is 2.09. The van der Waals surface area contributed by atoms with Crippen molar-refractivity contribution in [2.75, 3.05) is 31.1 Å². The van der Waals surface area contributed by atoms with Gasteiger partial charge in [-0.3, -0.25) is 4.68 Å². The molecule has 112 valence electrons. The zero-order valence-corrected chi connectivity index (χ0v) is 12.3. The van der Waals surface area contributed by atoms with Crippen molar-refractivity contribution in [3.8, 4) is 5.75 Å². The fourth-order valence-electron chi connectivity index (χ4n) is 2.48. The van der Waals surface area contributed by atoms with Crippen molar-refractivity contribution in [3.05, 3.63) is 36.2 Å². The first-order valence-electron chi connectivity index (χ1n) is 7.35. The van der Waals surface area contributed by atoms with Crippen LogP contribution >= 0.6 is 0 Å². The molecule has 6 heteroatoms. The lowest BCUT2D eigenvalue weighted by atomic mass is 10.2. The molecule has 2 heterocycles. The first-order valence-corrected chi connectivity index (χ1v) is 7.35. The minimum Gasteiger partial charge on any atom is -0.487 e. The van der Waals surface area contributed by atoms with Gasteiger partial charge in [0.2, 0.25) is 0 Å². The van der Waals surface area contributed by atoms with Gasteiger partial charge in [-0.25, -0.2) is 0 Å². The molecule has 1 aliphatic rings. The number of nitrogens with one attached hydrogen (secondary N) is 1. The molecule has 2 aromatic rings. The molecule has 0 atom stereocenters. The molecule has 0 radical (unpaired) electrons. The third-order valence-corrected chi connectivity index (χ3v) is 3.58. The normalized spacial score (nSPS) is 15.8. The van der Waals surface area contributed by atoms with Crippen LogP contribution < -0.4 is 15.0 Å². The van der Waals surface area contributed by atoms with Gasteiger partial charge >= 0.3 is 0 Å². The average Bonchev–Trinajstić information content (AvgIpc) is 2.76. The highest BCUT2D eigenvalue weighted by Crippen LogP contribution is 2.20. The van der Waals surface area contributed by atoms with Crippen molar-refractivity contribution in [2.45, 2.75) is 13.0 Å². The van der Waals surface area contributed by atoms with E-state index in [1.54, 1.807) is 4.68 Å². The van der Waals surface area contributed by atoms with Crippen LogP contribution in [0.3, 0.4) is 0 Å². The second kappa shape index (κ2) is 6.58. The number of hydrogen-bond donors (Lipinski definition) is 1. The summed E-state index contributed by atoms with van der Waals surface area (Å²) in [4.78, 5) is 2.41. The van der Waals surface area contributed by atoms with E-state index in [1.807, 2.05) is 25.4 Å². The fraction of sp³-hybridized carbons (Fsp3) is 0.467. The van der Waals surface area contributed by atoms with Gasteiger partial charge in [0.1, 0.15) is 18.1 Å². The van der Waals surface area contributed by atoms with Gasteiger partial charge in [0.15, 0.2) is 0 Å². The topological polar surface area (TPSA) is 55.2 Å². The Morgan fingerprint density at radius 1 is 1.19 bits per heavy atom. The van der Waals surface area contributed by atoms with Crippen LogP contribution in [0.1, 0.15) is 12.1 Å². The van der Waals surface area contributed by atoms with Gasteiger partial charge in [-0.15, -0.1) is 5.10 Å². The summed E-state index contributed by atoms with van der Waals surface area (Å²) in [6.07, 6.45) is 3.05. The number of anilines is 1. The van der Waals surface area contributed by atoms with Gasteiger partial charge in [0.05, 0.1) is 6.20 Å². The number of aryl methyl sites for hydroxylation is 1. The van der Waals surface area contributed by atoms with E-state index in [2.05, 4.69) is 32.7 Å². The lowest BCUT2D eigenvalue weighted by molar-refractivity contribution is 0.301. The molecule has 0 bridgehead atoms. The second-order valence-electron chi connectivity index (χ2n) is 5.26. The van der Waals surface area contributed by atoms with Crippen molar-refractivity contribution in [3.63, 3.8) is 0 Å². The van der Waals surface area contributed by atoms with Crippen LogP contribution in [-0.2, 0) is 13.7 Å². The third-order valence-electron chi connectivity index (χ3n) is 3.58. The van der Waals surface area contributed by atoms with Crippen molar-refractivity contribution in [1.29, 1.82) is 0 Å². The van der Waals surface area contributed by atoms with Gasteiger partial charge in [-0.1, -0.05) is 5.21 Å². The number of nitrogens with zero attached hydrogens (tertiary/aromatic N) is 4. The summed E-state index contributed by atoms with van der Waals surface area (Å²) < 4.78 is 7.40. The van der Waals surface area contributed by atoms with Crippen molar-refractivity contribution in [2.24, 2.45) is 7.05 Å². The highest BCUT2D eigenvalue weighted by molar-refractivity contribution is 5.49. The number of hydrogen-bond acceptors (Lipinski definition) is 5. The van der Waals surface area contributed by atoms with E-state index in [4.69, 9.17) is 4.74 Å². The first-order chi connectivity index (χ1) is 10.3. The Bertz CT molecular complexity index is 558. The van der Waals surface area contributed by atoms with Crippen LogP contribution in [0.4, 0.5) is 5.69 Å². The van der Waals surface area contributed by atoms with Crippen molar-refractivity contribution in [1.82, 2.24) is 20.3 Å².